The summed E-state index contributed by atoms with van der Waals surface area (Å²) in [6, 6.07) is 7.21. The maximum Gasteiger partial charge on any atom is 0.235 e. The van der Waals surface area contributed by atoms with Gasteiger partial charge in [0, 0.05) is 18.9 Å². The van der Waals surface area contributed by atoms with E-state index in [1.165, 1.54) is 4.90 Å². The lowest BCUT2D eigenvalue weighted by Gasteiger charge is -2.47. The molecule has 0 aromatic heterocycles. The molecular formula is C21H28N2O4. The minimum absolute atomic E-state index is 0.0706. The molecular weight excluding hydrogens is 344 g/mol. The summed E-state index contributed by atoms with van der Waals surface area (Å²) in [4.78, 5) is 39.5. The van der Waals surface area contributed by atoms with Crippen molar-refractivity contribution in [2.45, 2.75) is 47.0 Å². The van der Waals surface area contributed by atoms with Gasteiger partial charge in [-0.2, -0.15) is 0 Å². The number of nitrogens with one attached hydrogen (secondary N) is 1. The van der Waals surface area contributed by atoms with Gasteiger partial charge in [-0.25, -0.2) is 0 Å². The van der Waals surface area contributed by atoms with Crippen LogP contribution in [0.4, 0.5) is 5.69 Å². The summed E-state index contributed by atoms with van der Waals surface area (Å²) in [5, 5.41) is 2.82. The fraction of sp³-hybridized carbons (Fsp3) is 0.571. The van der Waals surface area contributed by atoms with Crippen molar-refractivity contribution >= 4 is 23.4 Å². The molecule has 1 aromatic rings. The van der Waals surface area contributed by atoms with Gasteiger partial charge >= 0.3 is 0 Å². The standard InChI is InChI=1S/C21H28N2O4/c1-5-27-16-9-7-6-8-15(16)22-17(24)11-13-23-18(25)14-10-12-21(4,19(23)26)20(14,2)3/h6-9,14H,5,10-13H2,1-4H3,(H,22,24). The van der Waals surface area contributed by atoms with Crippen LogP contribution in [-0.4, -0.2) is 35.8 Å². The van der Waals surface area contributed by atoms with Gasteiger partial charge in [0.25, 0.3) is 0 Å². The van der Waals surface area contributed by atoms with E-state index in [-0.39, 0.29) is 42.0 Å². The van der Waals surface area contributed by atoms with Gasteiger partial charge in [-0.15, -0.1) is 0 Å². The van der Waals surface area contributed by atoms with Gasteiger partial charge in [0.2, 0.25) is 17.7 Å². The SMILES string of the molecule is CCOc1ccccc1NC(=O)CCN1C(=O)C2CCC(C)(C1=O)C2(C)C. The minimum atomic E-state index is -0.538. The highest BCUT2D eigenvalue weighted by molar-refractivity contribution is 6.04. The quantitative estimate of drug-likeness (QED) is 0.778. The molecule has 2 bridgehead atoms. The molecule has 1 saturated carbocycles. The Balaban J connectivity index is 1.66. The Bertz CT molecular complexity index is 773. The topological polar surface area (TPSA) is 75.7 Å². The van der Waals surface area contributed by atoms with E-state index < -0.39 is 5.41 Å². The second-order valence-corrected chi connectivity index (χ2v) is 8.17. The fourth-order valence-electron chi connectivity index (χ4n) is 4.39. The van der Waals surface area contributed by atoms with Gasteiger partial charge in [-0.05, 0) is 37.3 Å². The van der Waals surface area contributed by atoms with Crippen molar-refractivity contribution in [2.24, 2.45) is 16.7 Å². The maximum absolute atomic E-state index is 13.0. The van der Waals surface area contributed by atoms with Crippen LogP contribution in [0.1, 0.15) is 47.0 Å². The maximum atomic E-state index is 13.0. The average molecular weight is 372 g/mol. The molecule has 1 heterocycles. The molecule has 1 N–H and O–H groups in total. The molecule has 1 aliphatic carbocycles. The Hall–Kier alpha value is -2.37. The predicted molar refractivity (Wildman–Crippen MR) is 102 cm³/mol. The summed E-state index contributed by atoms with van der Waals surface area (Å²) in [6.45, 7) is 8.46. The third kappa shape index (κ3) is 3.11. The molecule has 3 amide bonds. The van der Waals surface area contributed by atoms with Crippen molar-refractivity contribution in [3.8, 4) is 5.75 Å². The van der Waals surface area contributed by atoms with Crippen molar-refractivity contribution < 1.29 is 19.1 Å². The number of benzene rings is 1. The summed E-state index contributed by atoms with van der Waals surface area (Å²) < 4.78 is 5.51. The number of fused-ring (bicyclic) bond motifs is 2. The second kappa shape index (κ2) is 6.98. The van der Waals surface area contributed by atoms with Gasteiger partial charge in [0.1, 0.15) is 5.75 Å². The Morgan fingerprint density at radius 3 is 2.67 bits per heavy atom. The van der Waals surface area contributed by atoms with E-state index in [0.29, 0.717) is 18.0 Å². The summed E-state index contributed by atoms with van der Waals surface area (Å²) in [7, 11) is 0. The van der Waals surface area contributed by atoms with E-state index in [4.69, 9.17) is 4.74 Å². The minimum Gasteiger partial charge on any atom is -0.492 e. The molecule has 2 unspecified atom stereocenters. The molecule has 2 fully saturated rings. The Morgan fingerprint density at radius 1 is 1.26 bits per heavy atom. The van der Waals surface area contributed by atoms with Crippen molar-refractivity contribution in [2.75, 3.05) is 18.5 Å². The van der Waals surface area contributed by atoms with Gasteiger partial charge in [-0.1, -0.05) is 32.9 Å². The first kappa shape index (κ1) is 19.4. The van der Waals surface area contributed by atoms with Crippen molar-refractivity contribution in [1.82, 2.24) is 4.90 Å². The highest BCUT2D eigenvalue weighted by Gasteiger charge is 2.64. The molecule has 27 heavy (non-hydrogen) atoms. The number of likely N-dealkylation sites (tertiary alicyclic amines) is 1. The summed E-state index contributed by atoms with van der Waals surface area (Å²) in [5.41, 5.74) is -0.284. The molecule has 1 aromatic carbocycles. The summed E-state index contributed by atoms with van der Waals surface area (Å²) >= 11 is 0. The number of nitrogens with zero attached hydrogens (tertiary/aromatic N) is 1. The summed E-state index contributed by atoms with van der Waals surface area (Å²) in [5.74, 6) is -0.0749. The number of anilines is 1. The molecule has 0 radical (unpaired) electrons. The van der Waals surface area contributed by atoms with E-state index in [1.54, 1.807) is 12.1 Å². The largest absolute Gasteiger partial charge is 0.492 e. The Kier molecular flexibility index (Phi) is 5.02. The molecule has 1 saturated heterocycles. The highest BCUT2D eigenvalue weighted by atomic mass is 16.5. The van der Waals surface area contributed by atoms with Gasteiger partial charge in [-0.3, -0.25) is 19.3 Å². The number of hydrogen-bond donors (Lipinski definition) is 1. The number of carbonyl (C=O) groups excluding carboxylic acids is 3. The molecule has 0 spiro atoms. The van der Waals surface area contributed by atoms with Crippen molar-refractivity contribution in [3.05, 3.63) is 24.3 Å². The Labute approximate surface area is 160 Å². The fourth-order valence-corrected chi connectivity index (χ4v) is 4.39. The first-order valence-corrected chi connectivity index (χ1v) is 9.60. The van der Waals surface area contributed by atoms with Crippen LogP contribution in [0.5, 0.6) is 5.75 Å². The normalized spacial score (nSPS) is 26.2. The van der Waals surface area contributed by atoms with E-state index in [1.807, 2.05) is 39.8 Å². The molecule has 6 heteroatoms. The average Bonchev–Trinajstić information content (AvgIpc) is 2.80. The van der Waals surface area contributed by atoms with Gasteiger partial charge in [0.05, 0.1) is 17.7 Å². The number of para-hydroxylation sites is 2. The molecule has 1 aliphatic heterocycles. The number of hydrogen-bond acceptors (Lipinski definition) is 4. The molecule has 3 rings (SSSR count). The molecule has 2 atom stereocenters. The first-order valence-electron chi connectivity index (χ1n) is 9.60. The predicted octanol–water partition coefficient (Wildman–Crippen LogP) is 3.23. The van der Waals surface area contributed by atoms with Crippen LogP contribution >= 0.6 is 0 Å². The van der Waals surface area contributed by atoms with E-state index >= 15 is 0 Å². The second-order valence-electron chi connectivity index (χ2n) is 8.17. The number of imide groups is 1. The zero-order valence-electron chi connectivity index (χ0n) is 16.5. The van der Waals surface area contributed by atoms with Crippen LogP contribution < -0.4 is 10.1 Å². The van der Waals surface area contributed by atoms with Crippen molar-refractivity contribution in [3.63, 3.8) is 0 Å². The van der Waals surface area contributed by atoms with Crippen LogP contribution in [0.2, 0.25) is 0 Å². The zero-order valence-corrected chi connectivity index (χ0v) is 16.5. The van der Waals surface area contributed by atoms with E-state index in [9.17, 15) is 14.4 Å². The van der Waals surface area contributed by atoms with Gasteiger partial charge in [0.15, 0.2) is 0 Å². The highest BCUT2D eigenvalue weighted by Crippen LogP contribution is 2.60. The number of amides is 3. The lowest BCUT2D eigenvalue weighted by Crippen LogP contribution is -2.59. The van der Waals surface area contributed by atoms with Crippen LogP contribution in [0.3, 0.4) is 0 Å². The van der Waals surface area contributed by atoms with Crippen LogP contribution in [0.25, 0.3) is 0 Å². The monoisotopic (exact) mass is 372 g/mol. The van der Waals surface area contributed by atoms with Gasteiger partial charge < -0.3 is 10.1 Å². The lowest BCUT2D eigenvalue weighted by atomic mass is 9.62. The third-order valence-electron chi connectivity index (χ3n) is 6.53. The van der Waals surface area contributed by atoms with E-state index in [2.05, 4.69) is 5.32 Å². The zero-order chi connectivity index (χ0) is 19.8. The number of piperidine rings is 1. The summed E-state index contributed by atoms with van der Waals surface area (Å²) in [6.07, 6.45) is 1.53. The molecule has 6 nitrogen and oxygen atoms in total. The lowest BCUT2D eigenvalue weighted by molar-refractivity contribution is -0.167. The number of rotatable bonds is 6. The Morgan fingerprint density at radius 2 is 1.96 bits per heavy atom. The number of carbonyl (C=O) groups is 3. The van der Waals surface area contributed by atoms with Crippen LogP contribution in [0.15, 0.2) is 24.3 Å². The molecule has 2 aliphatic rings. The molecule has 146 valence electrons. The number of ether oxygens (including phenoxy) is 1. The third-order valence-corrected chi connectivity index (χ3v) is 6.53. The van der Waals surface area contributed by atoms with Crippen LogP contribution in [0, 0.1) is 16.7 Å². The smallest absolute Gasteiger partial charge is 0.235 e. The first-order chi connectivity index (χ1) is 12.7. The van der Waals surface area contributed by atoms with Crippen LogP contribution in [-0.2, 0) is 14.4 Å². The van der Waals surface area contributed by atoms with Crippen molar-refractivity contribution in [1.29, 1.82) is 0 Å². The van der Waals surface area contributed by atoms with E-state index in [0.717, 1.165) is 12.8 Å².